The molecule has 18 heavy (non-hydrogen) atoms. The van der Waals surface area contributed by atoms with Crippen molar-refractivity contribution in [3.8, 4) is 11.5 Å². The predicted octanol–water partition coefficient (Wildman–Crippen LogP) is 1.66. The first-order chi connectivity index (χ1) is 8.66. The first-order valence-corrected chi connectivity index (χ1v) is 5.49. The Morgan fingerprint density at radius 1 is 1.22 bits per heavy atom. The number of aromatic hydroxyl groups is 2. The predicted molar refractivity (Wildman–Crippen MR) is 64.5 cm³/mol. The molecule has 1 amide bonds. The fourth-order valence-electron chi connectivity index (χ4n) is 1.52. The average molecular weight is 247 g/mol. The Hall–Kier alpha value is -2.43. The van der Waals surface area contributed by atoms with Crippen LogP contribution in [0.2, 0.25) is 0 Å². The van der Waals surface area contributed by atoms with Gasteiger partial charge in [-0.25, -0.2) is 0 Å². The first-order valence-electron chi connectivity index (χ1n) is 5.49. The van der Waals surface area contributed by atoms with Crippen LogP contribution in [0.4, 0.5) is 0 Å². The van der Waals surface area contributed by atoms with Gasteiger partial charge >= 0.3 is 0 Å². The van der Waals surface area contributed by atoms with Crippen LogP contribution < -0.4 is 5.32 Å². The van der Waals surface area contributed by atoms with Gasteiger partial charge in [0.25, 0.3) is 5.91 Å². The maximum Gasteiger partial charge on any atom is 0.251 e. The third-order valence-electron chi connectivity index (χ3n) is 2.47. The number of phenols is 2. The number of carbonyl (C=O) groups excluding carboxylic acids is 1. The summed E-state index contributed by atoms with van der Waals surface area (Å²) in [5.41, 5.74) is 0.296. The quantitative estimate of drug-likeness (QED) is 0.717. The molecule has 0 unspecified atom stereocenters. The van der Waals surface area contributed by atoms with Gasteiger partial charge in [0.2, 0.25) is 0 Å². The van der Waals surface area contributed by atoms with Gasteiger partial charge in [0.15, 0.2) is 11.5 Å². The lowest BCUT2D eigenvalue weighted by molar-refractivity contribution is 0.0953. The maximum atomic E-state index is 11.7. The minimum absolute atomic E-state index is 0.248. The molecule has 0 radical (unpaired) electrons. The van der Waals surface area contributed by atoms with Crippen molar-refractivity contribution in [2.45, 2.75) is 6.42 Å². The standard InChI is InChI=1S/C13H13NO4/c15-11-4-3-9(8-12(11)16)13(17)14-6-5-10-2-1-7-18-10/h1-4,7-8,15-16H,5-6H2,(H,14,17). The Kier molecular flexibility index (Phi) is 3.52. The van der Waals surface area contributed by atoms with E-state index in [1.165, 1.54) is 18.2 Å². The van der Waals surface area contributed by atoms with Crippen molar-refractivity contribution in [1.29, 1.82) is 0 Å². The van der Waals surface area contributed by atoms with Gasteiger partial charge in [0.1, 0.15) is 5.76 Å². The molecule has 5 heteroatoms. The molecule has 2 rings (SSSR count). The molecule has 0 fully saturated rings. The SMILES string of the molecule is O=C(NCCc1ccco1)c1ccc(O)c(O)c1. The molecule has 0 bridgehead atoms. The van der Waals surface area contributed by atoms with Crippen molar-refractivity contribution in [2.75, 3.05) is 6.54 Å². The van der Waals surface area contributed by atoms with Crippen LogP contribution in [0.3, 0.4) is 0 Å². The normalized spacial score (nSPS) is 10.2. The summed E-state index contributed by atoms with van der Waals surface area (Å²) in [7, 11) is 0. The summed E-state index contributed by atoms with van der Waals surface area (Å²) in [5.74, 6) is -0.0727. The largest absolute Gasteiger partial charge is 0.504 e. The zero-order chi connectivity index (χ0) is 13.0. The summed E-state index contributed by atoms with van der Waals surface area (Å²) in [6.07, 6.45) is 2.18. The zero-order valence-electron chi connectivity index (χ0n) is 9.59. The summed E-state index contributed by atoms with van der Waals surface area (Å²) in [4.78, 5) is 11.7. The molecule has 1 aromatic carbocycles. The second-order valence-electron chi connectivity index (χ2n) is 3.79. The molecular weight excluding hydrogens is 234 g/mol. The van der Waals surface area contributed by atoms with Gasteiger partial charge in [-0.3, -0.25) is 4.79 Å². The van der Waals surface area contributed by atoms with Gasteiger partial charge in [-0.1, -0.05) is 0 Å². The van der Waals surface area contributed by atoms with Crippen LogP contribution in [0.1, 0.15) is 16.1 Å². The number of amides is 1. The highest BCUT2D eigenvalue weighted by molar-refractivity contribution is 5.94. The molecule has 3 N–H and O–H groups in total. The molecule has 0 atom stereocenters. The van der Waals surface area contributed by atoms with E-state index in [9.17, 15) is 9.90 Å². The van der Waals surface area contributed by atoms with Crippen molar-refractivity contribution in [3.63, 3.8) is 0 Å². The van der Waals surface area contributed by atoms with Crippen LogP contribution >= 0.6 is 0 Å². The Labute approximate surface area is 104 Å². The Morgan fingerprint density at radius 2 is 2.06 bits per heavy atom. The summed E-state index contributed by atoms with van der Waals surface area (Å²) in [5, 5.41) is 21.1. The van der Waals surface area contributed by atoms with Crippen LogP contribution in [0.5, 0.6) is 11.5 Å². The summed E-state index contributed by atoms with van der Waals surface area (Å²) >= 11 is 0. The summed E-state index contributed by atoms with van der Waals surface area (Å²) in [6, 6.07) is 7.55. The monoisotopic (exact) mass is 247 g/mol. The van der Waals surface area contributed by atoms with E-state index in [1.807, 2.05) is 6.07 Å². The molecule has 0 saturated carbocycles. The Bertz CT molecular complexity index is 534. The highest BCUT2D eigenvalue weighted by atomic mass is 16.3. The lowest BCUT2D eigenvalue weighted by atomic mass is 10.2. The summed E-state index contributed by atoms with van der Waals surface area (Å²) < 4.78 is 5.13. The highest BCUT2D eigenvalue weighted by Crippen LogP contribution is 2.24. The van der Waals surface area contributed by atoms with Crippen molar-refractivity contribution < 1.29 is 19.4 Å². The number of carbonyl (C=O) groups is 1. The molecule has 0 saturated heterocycles. The molecular formula is C13H13NO4. The van der Waals surface area contributed by atoms with Crippen molar-refractivity contribution >= 4 is 5.91 Å². The van der Waals surface area contributed by atoms with Gasteiger partial charge in [-0.15, -0.1) is 0 Å². The lowest BCUT2D eigenvalue weighted by Gasteiger charge is -2.05. The topological polar surface area (TPSA) is 82.7 Å². The minimum atomic E-state index is -0.311. The first kappa shape index (κ1) is 12.0. The second kappa shape index (κ2) is 5.27. The lowest BCUT2D eigenvalue weighted by Crippen LogP contribution is -2.25. The van der Waals surface area contributed by atoms with E-state index in [1.54, 1.807) is 12.3 Å². The second-order valence-corrected chi connectivity index (χ2v) is 3.79. The summed E-state index contributed by atoms with van der Waals surface area (Å²) in [6.45, 7) is 0.438. The molecule has 0 spiro atoms. The number of rotatable bonds is 4. The van der Waals surface area contributed by atoms with E-state index in [2.05, 4.69) is 5.32 Å². The van der Waals surface area contributed by atoms with Crippen molar-refractivity contribution in [2.24, 2.45) is 0 Å². The van der Waals surface area contributed by atoms with E-state index in [0.29, 0.717) is 18.5 Å². The van der Waals surface area contributed by atoms with Gasteiger partial charge in [0, 0.05) is 18.5 Å². The number of hydrogen-bond acceptors (Lipinski definition) is 4. The van der Waals surface area contributed by atoms with Gasteiger partial charge in [-0.2, -0.15) is 0 Å². The van der Waals surface area contributed by atoms with E-state index in [0.717, 1.165) is 5.76 Å². The molecule has 5 nitrogen and oxygen atoms in total. The number of benzene rings is 1. The molecule has 1 heterocycles. The molecule has 2 aromatic rings. The van der Waals surface area contributed by atoms with Crippen LogP contribution in [0, 0.1) is 0 Å². The minimum Gasteiger partial charge on any atom is -0.504 e. The van der Waals surface area contributed by atoms with E-state index >= 15 is 0 Å². The third-order valence-corrected chi connectivity index (χ3v) is 2.47. The average Bonchev–Trinajstić information content (AvgIpc) is 2.85. The van der Waals surface area contributed by atoms with E-state index in [4.69, 9.17) is 9.52 Å². The van der Waals surface area contributed by atoms with Crippen molar-refractivity contribution in [3.05, 3.63) is 47.9 Å². The smallest absolute Gasteiger partial charge is 0.251 e. The number of nitrogens with one attached hydrogen (secondary N) is 1. The molecule has 94 valence electrons. The molecule has 1 aromatic heterocycles. The molecule has 0 aliphatic carbocycles. The van der Waals surface area contributed by atoms with Crippen molar-refractivity contribution in [1.82, 2.24) is 5.32 Å². The zero-order valence-corrected chi connectivity index (χ0v) is 9.59. The third kappa shape index (κ3) is 2.82. The van der Waals surface area contributed by atoms with Crippen LogP contribution in [-0.4, -0.2) is 22.7 Å². The maximum absolute atomic E-state index is 11.7. The van der Waals surface area contributed by atoms with E-state index < -0.39 is 0 Å². The van der Waals surface area contributed by atoms with Crippen LogP contribution in [0.15, 0.2) is 41.0 Å². The number of hydrogen-bond donors (Lipinski definition) is 3. The van der Waals surface area contributed by atoms with Gasteiger partial charge < -0.3 is 19.9 Å². The Morgan fingerprint density at radius 3 is 2.72 bits per heavy atom. The van der Waals surface area contributed by atoms with Crippen LogP contribution in [0.25, 0.3) is 0 Å². The fraction of sp³-hybridized carbons (Fsp3) is 0.154. The Balaban J connectivity index is 1.89. The fourth-order valence-corrected chi connectivity index (χ4v) is 1.52. The van der Waals surface area contributed by atoms with Crippen LogP contribution in [-0.2, 0) is 6.42 Å². The molecule has 0 aliphatic heterocycles. The van der Waals surface area contributed by atoms with Gasteiger partial charge in [-0.05, 0) is 30.3 Å². The van der Waals surface area contributed by atoms with Gasteiger partial charge in [0.05, 0.1) is 6.26 Å². The number of furan rings is 1. The number of phenolic OH excluding ortho intramolecular Hbond substituents is 2. The molecule has 0 aliphatic rings. The highest BCUT2D eigenvalue weighted by Gasteiger charge is 2.08. The van der Waals surface area contributed by atoms with E-state index in [-0.39, 0.29) is 17.4 Å².